The summed E-state index contributed by atoms with van der Waals surface area (Å²) in [7, 11) is -3.62. The molecule has 0 aliphatic carbocycles. The number of aliphatic hydroxyl groups excluding tert-OH is 1. The number of nitrogens with zero attached hydrogens (tertiary/aromatic N) is 2. The quantitative estimate of drug-likeness (QED) is 0.861. The first-order valence-electron chi connectivity index (χ1n) is 6.35. The fourth-order valence-electron chi connectivity index (χ4n) is 2.26. The Morgan fingerprint density at radius 2 is 2.32 bits per heavy atom. The van der Waals surface area contributed by atoms with E-state index in [-0.39, 0.29) is 12.6 Å². The summed E-state index contributed by atoms with van der Waals surface area (Å²) in [6.45, 7) is 2.10. The van der Waals surface area contributed by atoms with Gasteiger partial charge in [0.2, 0.25) is 0 Å². The van der Waals surface area contributed by atoms with Gasteiger partial charge >= 0.3 is 10.2 Å². The normalized spacial score (nSPS) is 21.3. The fourth-order valence-corrected chi connectivity index (χ4v) is 3.82. The maximum Gasteiger partial charge on any atom is 0.301 e. The molecule has 0 amide bonds. The van der Waals surface area contributed by atoms with E-state index in [4.69, 9.17) is 0 Å². The number of rotatable bonds is 4. The first kappa shape index (κ1) is 14.2. The highest BCUT2D eigenvalue weighted by Gasteiger charge is 2.31. The van der Waals surface area contributed by atoms with E-state index in [0.29, 0.717) is 18.7 Å². The van der Waals surface area contributed by atoms with E-state index >= 15 is 0 Å². The summed E-state index contributed by atoms with van der Waals surface area (Å²) in [6, 6.07) is 1.30. The van der Waals surface area contributed by atoms with E-state index in [9.17, 15) is 13.5 Å². The third-order valence-corrected chi connectivity index (χ3v) is 4.93. The molecule has 1 aromatic heterocycles. The second-order valence-corrected chi connectivity index (χ2v) is 6.36. The van der Waals surface area contributed by atoms with Gasteiger partial charge in [-0.3, -0.25) is 9.71 Å². The zero-order valence-electron chi connectivity index (χ0n) is 10.9. The minimum atomic E-state index is -3.62. The minimum absolute atomic E-state index is 0.143. The number of nitrogens with one attached hydrogen (secondary N) is 1. The second-order valence-electron chi connectivity index (χ2n) is 4.74. The summed E-state index contributed by atoms with van der Waals surface area (Å²) in [5.41, 5.74) is 1.29. The molecule has 0 spiro atoms. The summed E-state index contributed by atoms with van der Waals surface area (Å²) < 4.78 is 28.6. The number of hydrogen-bond donors (Lipinski definition) is 2. The molecule has 0 saturated carbocycles. The first-order valence-corrected chi connectivity index (χ1v) is 7.79. The van der Waals surface area contributed by atoms with Crippen molar-refractivity contribution in [1.82, 2.24) is 9.29 Å². The molecule has 106 valence electrons. The van der Waals surface area contributed by atoms with Gasteiger partial charge in [0.15, 0.2) is 0 Å². The highest BCUT2D eigenvalue weighted by atomic mass is 32.2. The van der Waals surface area contributed by atoms with Crippen LogP contribution in [0, 0.1) is 6.92 Å². The van der Waals surface area contributed by atoms with Crippen molar-refractivity contribution in [1.29, 1.82) is 0 Å². The molecule has 2 rings (SSSR count). The monoisotopic (exact) mass is 285 g/mol. The van der Waals surface area contributed by atoms with Crippen molar-refractivity contribution in [3.8, 4) is 0 Å². The summed E-state index contributed by atoms with van der Waals surface area (Å²) >= 11 is 0. The van der Waals surface area contributed by atoms with Crippen LogP contribution in [-0.4, -0.2) is 42.0 Å². The molecule has 1 atom stereocenters. The topological polar surface area (TPSA) is 82.5 Å². The molecular weight excluding hydrogens is 266 g/mol. The lowest BCUT2D eigenvalue weighted by molar-refractivity contribution is 0.156. The molecular formula is C12H19N3O3S. The van der Waals surface area contributed by atoms with Crippen molar-refractivity contribution in [2.45, 2.75) is 32.2 Å². The molecule has 6 nitrogen and oxygen atoms in total. The van der Waals surface area contributed by atoms with Crippen LogP contribution in [0.5, 0.6) is 0 Å². The molecule has 1 saturated heterocycles. The smallest absolute Gasteiger partial charge is 0.301 e. The SMILES string of the molecule is Cc1cnccc1NS(=O)(=O)N1CCCCC1CO. The van der Waals surface area contributed by atoms with Gasteiger partial charge in [-0.25, -0.2) is 0 Å². The van der Waals surface area contributed by atoms with Crippen molar-refractivity contribution >= 4 is 15.9 Å². The van der Waals surface area contributed by atoms with E-state index in [1.165, 1.54) is 4.31 Å². The molecule has 1 aromatic rings. The van der Waals surface area contributed by atoms with Crippen LogP contribution in [0.4, 0.5) is 5.69 Å². The van der Waals surface area contributed by atoms with Crippen molar-refractivity contribution in [2.24, 2.45) is 0 Å². The average Bonchev–Trinajstić information content (AvgIpc) is 2.41. The Bertz CT molecular complexity index is 533. The van der Waals surface area contributed by atoms with Crippen molar-refractivity contribution in [3.63, 3.8) is 0 Å². The maximum atomic E-state index is 12.4. The number of aryl methyl sites for hydroxylation is 1. The second kappa shape index (κ2) is 5.85. The number of anilines is 1. The van der Waals surface area contributed by atoms with Crippen LogP contribution < -0.4 is 4.72 Å². The lowest BCUT2D eigenvalue weighted by atomic mass is 10.1. The molecule has 0 aromatic carbocycles. The van der Waals surface area contributed by atoms with Crippen LogP contribution in [-0.2, 0) is 10.2 Å². The number of pyridine rings is 1. The van der Waals surface area contributed by atoms with Crippen LogP contribution in [0.15, 0.2) is 18.5 Å². The third kappa shape index (κ3) is 3.23. The lowest BCUT2D eigenvalue weighted by Crippen LogP contribution is -2.48. The molecule has 7 heteroatoms. The molecule has 1 unspecified atom stereocenters. The highest BCUT2D eigenvalue weighted by Crippen LogP contribution is 2.22. The van der Waals surface area contributed by atoms with Crippen LogP contribution in [0.3, 0.4) is 0 Å². The number of aromatic nitrogens is 1. The molecule has 19 heavy (non-hydrogen) atoms. The van der Waals surface area contributed by atoms with Crippen LogP contribution in [0.2, 0.25) is 0 Å². The summed E-state index contributed by atoms with van der Waals surface area (Å²) in [5, 5.41) is 9.30. The van der Waals surface area contributed by atoms with Gasteiger partial charge in [-0.15, -0.1) is 0 Å². The molecule has 0 bridgehead atoms. The van der Waals surface area contributed by atoms with Gasteiger partial charge in [0, 0.05) is 25.0 Å². The van der Waals surface area contributed by atoms with Crippen LogP contribution in [0.1, 0.15) is 24.8 Å². The fraction of sp³-hybridized carbons (Fsp3) is 0.583. The van der Waals surface area contributed by atoms with Gasteiger partial charge in [0.05, 0.1) is 12.3 Å². The van der Waals surface area contributed by atoms with E-state index in [1.807, 2.05) is 0 Å². The zero-order valence-corrected chi connectivity index (χ0v) is 11.7. The Morgan fingerprint density at radius 3 is 3.00 bits per heavy atom. The van der Waals surface area contributed by atoms with E-state index in [0.717, 1.165) is 18.4 Å². The Labute approximate surface area is 113 Å². The highest BCUT2D eigenvalue weighted by molar-refractivity contribution is 7.90. The van der Waals surface area contributed by atoms with Crippen LogP contribution in [0.25, 0.3) is 0 Å². The standard InChI is InChI=1S/C12H19N3O3S/c1-10-8-13-6-5-12(10)14-19(17,18)15-7-3-2-4-11(15)9-16/h5-6,8,11,16H,2-4,7,9H2,1H3,(H,13,14). The largest absolute Gasteiger partial charge is 0.395 e. The van der Waals surface area contributed by atoms with Gasteiger partial charge in [0.25, 0.3) is 0 Å². The lowest BCUT2D eigenvalue weighted by Gasteiger charge is -2.33. The van der Waals surface area contributed by atoms with E-state index in [2.05, 4.69) is 9.71 Å². The van der Waals surface area contributed by atoms with Gasteiger partial charge in [-0.1, -0.05) is 6.42 Å². The average molecular weight is 285 g/mol. The van der Waals surface area contributed by atoms with Crippen molar-refractivity contribution in [2.75, 3.05) is 17.9 Å². The molecule has 2 heterocycles. The van der Waals surface area contributed by atoms with Gasteiger partial charge in [-0.05, 0) is 31.4 Å². The van der Waals surface area contributed by atoms with Crippen molar-refractivity contribution in [3.05, 3.63) is 24.0 Å². The summed E-state index contributed by atoms with van der Waals surface area (Å²) in [5.74, 6) is 0. The number of aliphatic hydroxyl groups is 1. The van der Waals surface area contributed by atoms with Crippen LogP contribution >= 0.6 is 0 Å². The number of hydrogen-bond acceptors (Lipinski definition) is 4. The van der Waals surface area contributed by atoms with Gasteiger partial charge < -0.3 is 5.11 Å². The maximum absolute atomic E-state index is 12.4. The zero-order chi connectivity index (χ0) is 13.9. The van der Waals surface area contributed by atoms with E-state index in [1.54, 1.807) is 25.4 Å². The molecule has 0 radical (unpaired) electrons. The van der Waals surface area contributed by atoms with Crippen molar-refractivity contribution < 1.29 is 13.5 Å². The Hall–Kier alpha value is -1.18. The Kier molecular flexibility index (Phi) is 4.38. The number of piperidine rings is 1. The summed E-state index contributed by atoms with van der Waals surface area (Å²) in [6.07, 6.45) is 5.63. The third-order valence-electron chi connectivity index (χ3n) is 3.35. The van der Waals surface area contributed by atoms with E-state index < -0.39 is 10.2 Å². The van der Waals surface area contributed by atoms with Gasteiger partial charge in [0.1, 0.15) is 0 Å². The Balaban J connectivity index is 2.20. The predicted octanol–water partition coefficient (Wildman–Crippen LogP) is 0.894. The Morgan fingerprint density at radius 1 is 1.53 bits per heavy atom. The summed E-state index contributed by atoms with van der Waals surface area (Å²) in [4.78, 5) is 3.93. The molecule has 2 N–H and O–H groups in total. The predicted molar refractivity (Wildman–Crippen MR) is 72.9 cm³/mol. The minimum Gasteiger partial charge on any atom is -0.395 e. The van der Waals surface area contributed by atoms with Gasteiger partial charge in [-0.2, -0.15) is 12.7 Å². The molecule has 1 aliphatic rings. The molecule has 1 fully saturated rings. The first-order chi connectivity index (χ1) is 9.04. The molecule has 1 aliphatic heterocycles.